The van der Waals surface area contributed by atoms with E-state index in [9.17, 15) is 4.79 Å². The molecule has 0 saturated carbocycles. The lowest BCUT2D eigenvalue weighted by atomic mass is 9.88. The number of nitrogens with zero attached hydrogens (tertiary/aromatic N) is 1. The number of carbonyl (C=O) groups excluding carboxylic acids is 1. The molecular formula is C16H17ClN2O. The molecule has 0 aliphatic heterocycles. The van der Waals surface area contributed by atoms with E-state index in [0.29, 0.717) is 5.69 Å². The second-order valence-electron chi connectivity index (χ2n) is 5.86. The SMILES string of the molecule is CC(C)(C)C(=O)c1cc2c(cn1)[nH]c1ccccc12.Cl. The third-order valence-electron chi connectivity index (χ3n) is 3.30. The summed E-state index contributed by atoms with van der Waals surface area (Å²) in [6.07, 6.45) is 1.74. The van der Waals surface area contributed by atoms with E-state index in [1.54, 1.807) is 6.20 Å². The Kier molecular flexibility index (Phi) is 3.57. The van der Waals surface area contributed by atoms with Gasteiger partial charge in [0.15, 0.2) is 5.78 Å². The van der Waals surface area contributed by atoms with Crippen molar-refractivity contribution < 1.29 is 4.79 Å². The Morgan fingerprint density at radius 2 is 1.80 bits per heavy atom. The van der Waals surface area contributed by atoms with E-state index in [0.717, 1.165) is 21.8 Å². The van der Waals surface area contributed by atoms with Crippen LogP contribution in [0.1, 0.15) is 31.3 Å². The number of fused-ring (bicyclic) bond motifs is 3. The van der Waals surface area contributed by atoms with E-state index in [4.69, 9.17) is 0 Å². The molecule has 0 aliphatic rings. The summed E-state index contributed by atoms with van der Waals surface area (Å²) in [7, 11) is 0. The molecule has 3 aromatic rings. The van der Waals surface area contributed by atoms with Crippen LogP contribution in [-0.4, -0.2) is 15.8 Å². The van der Waals surface area contributed by atoms with Gasteiger partial charge in [0.25, 0.3) is 0 Å². The lowest BCUT2D eigenvalue weighted by Crippen LogP contribution is -2.21. The first kappa shape index (κ1) is 14.5. The molecule has 4 heteroatoms. The molecule has 0 amide bonds. The minimum atomic E-state index is -0.410. The van der Waals surface area contributed by atoms with E-state index < -0.39 is 5.41 Å². The van der Waals surface area contributed by atoms with Crippen molar-refractivity contribution in [3.8, 4) is 0 Å². The van der Waals surface area contributed by atoms with Gasteiger partial charge in [0.05, 0.1) is 11.7 Å². The normalized spacial score (nSPS) is 11.6. The van der Waals surface area contributed by atoms with Gasteiger partial charge in [-0.15, -0.1) is 12.4 Å². The molecular weight excluding hydrogens is 272 g/mol. The molecule has 0 radical (unpaired) electrons. The van der Waals surface area contributed by atoms with Crippen LogP contribution in [0.5, 0.6) is 0 Å². The Balaban J connectivity index is 0.00000147. The van der Waals surface area contributed by atoms with Gasteiger partial charge in [-0.25, -0.2) is 0 Å². The average Bonchev–Trinajstić information content (AvgIpc) is 2.74. The van der Waals surface area contributed by atoms with Gasteiger partial charge in [-0.1, -0.05) is 39.0 Å². The van der Waals surface area contributed by atoms with Crippen LogP contribution in [0.2, 0.25) is 0 Å². The number of pyridine rings is 1. The largest absolute Gasteiger partial charge is 0.353 e. The third kappa shape index (κ3) is 2.29. The third-order valence-corrected chi connectivity index (χ3v) is 3.30. The van der Waals surface area contributed by atoms with Gasteiger partial charge in [-0.2, -0.15) is 0 Å². The Hall–Kier alpha value is -1.87. The lowest BCUT2D eigenvalue weighted by Gasteiger charge is -2.15. The number of benzene rings is 1. The Labute approximate surface area is 123 Å². The molecule has 3 rings (SSSR count). The molecule has 2 aromatic heterocycles. The Morgan fingerprint density at radius 1 is 1.10 bits per heavy atom. The van der Waals surface area contributed by atoms with Crippen molar-refractivity contribution in [3.05, 3.63) is 42.2 Å². The first-order chi connectivity index (χ1) is 8.97. The molecule has 0 aliphatic carbocycles. The number of rotatable bonds is 1. The number of aromatic amines is 1. The number of carbonyl (C=O) groups is 1. The molecule has 3 nitrogen and oxygen atoms in total. The first-order valence-electron chi connectivity index (χ1n) is 6.38. The topological polar surface area (TPSA) is 45.8 Å². The number of nitrogens with one attached hydrogen (secondary N) is 1. The summed E-state index contributed by atoms with van der Waals surface area (Å²) in [6, 6.07) is 9.97. The van der Waals surface area contributed by atoms with Crippen LogP contribution in [0, 0.1) is 5.41 Å². The fourth-order valence-corrected chi connectivity index (χ4v) is 2.26. The Morgan fingerprint density at radius 3 is 2.50 bits per heavy atom. The summed E-state index contributed by atoms with van der Waals surface area (Å²) in [5.41, 5.74) is 2.16. The van der Waals surface area contributed by atoms with Gasteiger partial charge < -0.3 is 4.98 Å². The van der Waals surface area contributed by atoms with Crippen LogP contribution >= 0.6 is 12.4 Å². The van der Waals surface area contributed by atoms with Crippen molar-refractivity contribution in [1.82, 2.24) is 9.97 Å². The quantitative estimate of drug-likeness (QED) is 0.676. The molecule has 2 heterocycles. The number of aromatic nitrogens is 2. The molecule has 104 valence electrons. The van der Waals surface area contributed by atoms with E-state index in [-0.39, 0.29) is 18.2 Å². The van der Waals surface area contributed by atoms with Crippen LogP contribution in [0.3, 0.4) is 0 Å². The maximum atomic E-state index is 12.3. The summed E-state index contributed by atoms with van der Waals surface area (Å²) >= 11 is 0. The minimum Gasteiger partial charge on any atom is -0.353 e. The molecule has 1 aromatic carbocycles. The van der Waals surface area contributed by atoms with Gasteiger partial charge >= 0.3 is 0 Å². The first-order valence-corrected chi connectivity index (χ1v) is 6.38. The summed E-state index contributed by atoms with van der Waals surface area (Å²) in [4.78, 5) is 19.9. The number of halogens is 1. The fourth-order valence-electron chi connectivity index (χ4n) is 2.26. The number of hydrogen-bond acceptors (Lipinski definition) is 2. The van der Waals surface area contributed by atoms with Gasteiger partial charge in [0, 0.05) is 21.7 Å². The minimum absolute atomic E-state index is 0. The van der Waals surface area contributed by atoms with Crippen molar-refractivity contribution in [3.63, 3.8) is 0 Å². The molecule has 20 heavy (non-hydrogen) atoms. The standard InChI is InChI=1S/C16H16N2O.ClH/c1-16(2,3)15(19)13-8-11-10-6-4-5-7-12(10)18-14(11)9-17-13;/h4-9,18H,1-3H3;1H. The zero-order chi connectivity index (χ0) is 13.6. The van der Waals surface area contributed by atoms with Crippen LogP contribution in [-0.2, 0) is 0 Å². The zero-order valence-electron chi connectivity index (χ0n) is 11.7. The molecule has 0 unspecified atom stereocenters. The molecule has 0 fully saturated rings. The predicted octanol–water partition coefficient (Wildman–Crippen LogP) is 4.37. The number of ketones is 1. The van der Waals surface area contributed by atoms with Gasteiger partial charge in [0.2, 0.25) is 0 Å². The number of para-hydroxylation sites is 1. The smallest absolute Gasteiger partial charge is 0.186 e. The second kappa shape index (κ2) is 4.91. The molecule has 1 N–H and O–H groups in total. The maximum absolute atomic E-state index is 12.3. The van der Waals surface area contributed by atoms with Crippen molar-refractivity contribution in [1.29, 1.82) is 0 Å². The van der Waals surface area contributed by atoms with E-state index >= 15 is 0 Å². The number of H-pyrrole nitrogens is 1. The number of hydrogen-bond donors (Lipinski definition) is 1. The van der Waals surface area contributed by atoms with Gasteiger partial charge in [-0.05, 0) is 12.1 Å². The van der Waals surface area contributed by atoms with Crippen LogP contribution < -0.4 is 0 Å². The Bertz CT molecular complexity index is 784. The van der Waals surface area contributed by atoms with Crippen molar-refractivity contribution in [2.24, 2.45) is 5.41 Å². The number of Topliss-reactive ketones (excluding diaryl/α,β-unsaturated/α-hetero) is 1. The lowest BCUT2D eigenvalue weighted by molar-refractivity contribution is 0.0853. The monoisotopic (exact) mass is 288 g/mol. The van der Waals surface area contributed by atoms with Crippen LogP contribution in [0.15, 0.2) is 36.5 Å². The van der Waals surface area contributed by atoms with Gasteiger partial charge in [0.1, 0.15) is 5.69 Å². The van der Waals surface area contributed by atoms with E-state index in [1.165, 1.54) is 0 Å². The van der Waals surface area contributed by atoms with Gasteiger partial charge in [-0.3, -0.25) is 9.78 Å². The zero-order valence-corrected chi connectivity index (χ0v) is 12.5. The molecule has 0 bridgehead atoms. The average molecular weight is 289 g/mol. The highest BCUT2D eigenvalue weighted by atomic mass is 35.5. The van der Waals surface area contributed by atoms with Crippen molar-refractivity contribution >= 4 is 40.0 Å². The van der Waals surface area contributed by atoms with Crippen molar-refractivity contribution in [2.45, 2.75) is 20.8 Å². The van der Waals surface area contributed by atoms with E-state index in [1.807, 2.05) is 45.0 Å². The summed E-state index contributed by atoms with van der Waals surface area (Å²) in [5.74, 6) is 0.0691. The van der Waals surface area contributed by atoms with E-state index in [2.05, 4.69) is 16.0 Å². The highest BCUT2D eigenvalue weighted by Gasteiger charge is 2.24. The fraction of sp³-hybridized carbons (Fsp3) is 0.250. The van der Waals surface area contributed by atoms with Crippen molar-refractivity contribution in [2.75, 3.05) is 0 Å². The highest BCUT2D eigenvalue weighted by molar-refractivity contribution is 6.09. The maximum Gasteiger partial charge on any atom is 0.186 e. The second-order valence-corrected chi connectivity index (χ2v) is 5.86. The predicted molar refractivity (Wildman–Crippen MR) is 84.6 cm³/mol. The summed E-state index contributed by atoms with van der Waals surface area (Å²) in [5, 5.41) is 2.18. The van der Waals surface area contributed by atoms with Crippen LogP contribution in [0.4, 0.5) is 0 Å². The summed E-state index contributed by atoms with van der Waals surface area (Å²) < 4.78 is 0. The van der Waals surface area contributed by atoms with Crippen LogP contribution in [0.25, 0.3) is 21.8 Å². The molecule has 0 saturated heterocycles. The molecule has 0 atom stereocenters. The molecule has 0 spiro atoms. The highest BCUT2D eigenvalue weighted by Crippen LogP contribution is 2.27. The summed E-state index contributed by atoms with van der Waals surface area (Å²) in [6.45, 7) is 5.74.